The third-order valence-corrected chi connectivity index (χ3v) is 2.24. The van der Waals surface area contributed by atoms with Crippen molar-refractivity contribution in [2.45, 2.75) is 19.8 Å². The quantitative estimate of drug-likeness (QED) is 0.565. The maximum Gasteiger partial charge on any atom is 0.0677 e. The lowest BCUT2D eigenvalue weighted by Gasteiger charge is -2.10. The summed E-state index contributed by atoms with van der Waals surface area (Å²) in [7, 11) is 3.87. The number of hydrogen-bond acceptors (Lipinski definition) is 2. The van der Waals surface area contributed by atoms with Crippen LogP contribution in [0.4, 0.5) is 0 Å². The lowest BCUT2D eigenvalue weighted by Crippen LogP contribution is -2.10. The van der Waals surface area contributed by atoms with Gasteiger partial charge in [-0.2, -0.15) is 5.10 Å². The van der Waals surface area contributed by atoms with Crippen LogP contribution in [0.15, 0.2) is 29.4 Å². The van der Waals surface area contributed by atoms with E-state index in [-0.39, 0.29) is 0 Å². The summed E-state index contributed by atoms with van der Waals surface area (Å²) in [5, 5.41) is 7.07. The van der Waals surface area contributed by atoms with Crippen molar-refractivity contribution in [2.24, 2.45) is 5.10 Å². The van der Waals surface area contributed by atoms with E-state index >= 15 is 0 Å². The van der Waals surface area contributed by atoms with Gasteiger partial charge in [0, 0.05) is 19.1 Å². The van der Waals surface area contributed by atoms with Crippen LogP contribution >= 0.6 is 11.6 Å². The van der Waals surface area contributed by atoms with E-state index in [2.05, 4.69) is 12.0 Å². The minimum absolute atomic E-state index is 0.763. The van der Waals surface area contributed by atoms with Crippen LogP contribution in [0.3, 0.4) is 0 Å². The van der Waals surface area contributed by atoms with E-state index in [9.17, 15) is 0 Å². The summed E-state index contributed by atoms with van der Waals surface area (Å²) in [6.07, 6.45) is 2.08. The number of rotatable bonds is 4. The van der Waals surface area contributed by atoms with Gasteiger partial charge >= 0.3 is 0 Å². The number of hydrogen-bond donors (Lipinski definition) is 0. The van der Waals surface area contributed by atoms with Crippen molar-refractivity contribution in [3.05, 3.63) is 34.9 Å². The zero-order chi connectivity index (χ0) is 11.3. The Morgan fingerprint density at radius 1 is 1.27 bits per heavy atom. The van der Waals surface area contributed by atoms with Crippen molar-refractivity contribution in [1.82, 2.24) is 5.01 Å². The number of nitrogens with zero attached hydrogens (tertiary/aromatic N) is 2. The van der Waals surface area contributed by atoms with E-state index in [1.165, 1.54) is 0 Å². The lowest BCUT2D eigenvalue weighted by molar-refractivity contribution is 0.436. The Bertz CT molecular complexity index is 328. The molecule has 0 unspecified atom stereocenters. The van der Waals surface area contributed by atoms with Crippen LogP contribution in [-0.2, 0) is 0 Å². The summed E-state index contributed by atoms with van der Waals surface area (Å²) >= 11 is 5.85. The number of benzene rings is 1. The largest absolute Gasteiger partial charge is 0.303 e. The maximum absolute atomic E-state index is 5.85. The summed E-state index contributed by atoms with van der Waals surface area (Å²) in [4.78, 5) is 0. The van der Waals surface area contributed by atoms with Gasteiger partial charge in [0.15, 0.2) is 0 Å². The molecule has 82 valence electrons. The average molecular weight is 225 g/mol. The van der Waals surface area contributed by atoms with E-state index in [4.69, 9.17) is 11.6 Å². The molecule has 0 atom stereocenters. The number of halogens is 1. The molecule has 1 aromatic carbocycles. The first kappa shape index (κ1) is 12.1. The van der Waals surface area contributed by atoms with Crippen LogP contribution in [0, 0.1) is 0 Å². The second kappa shape index (κ2) is 5.76. The molecule has 1 aromatic rings. The van der Waals surface area contributed by atoms with Crippen LogP contribution < -0.4 is 0 Å². The first-order valence-electron chi connectivity index (χ1n) is 5.14. The molecule has 15 heavy (non-hydrogen) atoms. The standard InChI is InChI=1S/C12H17ClN2/c1-4-5-12(14-15(2)3)10-6-8-11(13)9-7-10/h6-9H,4-5H2,1-3H3/b14-12+. The van der Waals surface area contributed by atoms with Gasteiger partial charge in [0.05, 0.1) is 5.71 Å². The molecule has 0 aliphatic heterocycles. The summed E-state index contributed by atoms with van der Waals surface area (Å²) in [6.45, 7) is 2.15. The molecule has 0 bridgehead atoms. The van der Waals surface area contributed by atoms with Gasteiger partial charge in [-0.1, -0.05) is 37.1 Å². The van der Waals surface area contributed by atoms with Gasteiger partial charge in [0.25, 0.3) is 0 Å². The SMILES string of the molecule is CCC/C(=N\N(C)C)c1ccc(Cl)cc1. The predicted octanol–water partition coefficient (Wildman–Crippen LogP) is 3.41. The molecule has 0 heterocycles. The summed E-state index contributed by atoms with van der Waals surface area (Å²) in [6, 6.07) is 7.83. The highest BCUT2D eigenvalue weighted by Gasteiger charge is 2.03. The lowest BCUT2D eigenvalue weighted by atomic mass is 10.1. The van der Waals surface area contributed by atoms with E-state index in [0.717, 1.165) is 29.1 Å². The Balaban J connectivity index is 2.94. The van der Waals surface area contributed by atoms with E-state index in [1.54, 1.807) is 0 Å². The van der Waals surface area contributed by atoms with Gasteiger partial charge in [-0.3, -0.25) is 0 Å². The topological polar surface area (TPSA) is 15.6 Å². The third-order valence-electron chi connectivity index (χ3n) is 1.98. The van der Waals surface area contributed by atoms with Crippen molar-refractivity contribution in [2.75, 3.05) is 14.1 Å². The Kier molecular flexibility index (Phi) is 4.63. The smallest absolute Gasteiger partial charge is 0.0677 e. The van der Waals surface area contributed by atoms with Gasteiger partial charge in [-0.25, -0.2) is 0 Å². The summed E-state index contributed by atoms with van der Waals surface area (Å²) in [5.74, 6) is 0. The fraction of sp³-hybridized carbons (Fsp3) is 0.417. The first-order valence-corrected chi connectivity index (χ1v) is 5.52. The molecule has 2 nitrogen and oxygen atoms in total. The van der Waals surface area contributed by atoms with E-state index < -0.39 is 0 Å². The molecule has 1 rings (SSSR count). The Hall–Kier alpha value is -1.02. The van der Waals surface area contributed by atoms with Crippen molar-refractivity contribution < 1.29 is 0 Å². The second-order valence-electron chi connectivity index (χ2n) is 3.65. The Morgan fingerprint density at radius 3 is 2.33 bits per heavy atom. The molecule has 0 aliphatic rings. The molecule has 3 heteroatoms. The molecule has 0 fully saturated rings. The summed E-state index contributed by atoms with van der Waals surface area (Å²) in [5.41, 5.74) is 2.26. The third kappa shape index (κ3) is 3.92. The molecular weight excluding hydrogens is 208 g/mol. The minimum Gasteiger partial charge on any atom is -0.303 e. The van der Waals surface area contributed by atoms with Gasteiger partial charge in [0.1, 0.15) is 0 Å². The molecule has 0 amide bonds. The van der Waals surface area contributed by atoms with Crippen LogP contribution in [0.2, 0.25) is 5.02 Å². The maximum atomic E-state index is 5.85. The zero-order valence-corrected chi connectivity index (χ0v) is 10.3. The van der Waals surface area contributed by atoms with Gasteiger partial charge in [-0.05, 0) is 24.1 Å². The van der Waals surface area contributed by atoms with Gasteiger partial charge < -0.3 is 5.01 Å². The molecular formula is C12H17ClN2. The van der Waals surface area contributed by atoms with E-state index in [1.807, 2.05) is 43.4 Å². The van der Waals surface area contributed by atoms with Crippen LogP contribution in [0.5, 0.6) is 0 Å². The van der Waals surface area contributed by atoms with Crippen LogP contribution in [0.1, 0.15) is 25.3 Å². The second-order valence-corrected chi connectivity index (χ2v) is 4.09. The highest BCUT2D eigenvalue weighted by atomic mass is 35.5. The molecule has 0 N–H and O–H groups in total. The van der Waals surface area contributed by atoms with Crippen molar-refractivity contribution >= 4 is 17.3 Å². The molecule has 0 aliphatic carbocycles. The summed E-state index contributed by atoms with van der Waals surface area (Å²) < 4.78 is 0. The monoisotopic (exact) mass is 224 g/mol. The van der Waals surface area contributed by atoms with Gasteiger partial charge in [0.2, 0.25) is 0 Å². The first-order chi connectivity index (χ1) is 7.13. The normalized spacial score (nSPS) is 11.6. The van der Waals surface area contributed by atoms with Crippen molar-refractivity contribution in [3.63, 3.8) is 0 Å². The molecule has 0 saturated heterocycles. The minimum atomic E-state index is 0.763. The van der Waals surface area contributed by atoms with Crippen molar-refractivity contribution in [1.29, 1.82) is 0 Å². The van der Waals surface area contributed by atoms with Gasteiger partial charge in [-0.15, -0.1) is 0 Å². The van der Waals surface area contributed by atoms with E-state index in [0.29, 0.717) is 0 Å². The Labute approximate surface area is 96.5 Å². The molecule has 0 spiro atoms. The van der Waals surface area contributed by atoms with Crippen LogP contribution in [-0.4, -0.2) is 24.8 Å². The highest BCUT2D eigenvalue weighted by Crippen LogP contribution is 2.12. The fourth-order valence-corrected chi connectivity index (χ4v) is 1.50. The molecule has 0 saturated carbocycles. The Morgan fingerprint density at radius 2 is 1.87 bits per heavy atom. The van der Waals surface area contributed by atoms with Crippen molar-refractivity contribution in [3.8, 4) is 0 Å². The fourth-order valence-electron chi connectivity index (χ4n) is 1.37. The molecule has 0 radical (unpaired) electrons. The number of hydrazone groups is 1. The van der Waals surface area contributed by atoms with Crippen LogP contribution in [0.25, 0.3) is 0 Å². The highest BCUT2D eigenvalue weighted by molar-refractivity contribution is 6.30. The zero-order valence-electron chi connectivity index (χ0n) is 9.50. The average Bonchev–Trinajstić information content (AvgIpc) is 2.17. The predicted molar refractivity (Wildman–Crippen MR) is 66.6 cm³/mol. The molecule has 0 aromatic heterocycles.